The average Bonchev–Trinajstić information content (AvgIpc) is 2.20. The summed E-state index contributed by atoms with van der Waals surface area (Å²) in [5, 5.41) is 26.1. The number of aromatic hydroxyl groups is 1. The number of phenolic OH excluding ortho intramolecular Hbond substituents is 1. The Morgan fingerprint density at radius 2 is 2.14 bits per heavy atom. The molecule has 2 aromatic rings. The first-order valence-corrected chi connectivity index (χ1v) is 4.16. The number of nitriles is 1. The molecule has 68 valence electrons. The Labute approximate surface area is 84.4 Å². The molecule has 0 fully saturated rings. The standard InChI is InChI=1S/C9H4ClN3O/c10-8-5-2-1-3-7(14)9(5)13-12-6(8)4-11/h1-3,14H. The van der Waals surface area contributed by atoms with E-state index in [4.69, 9.17) is 16.9 Å². The summed E-state index contributed by atoms with van der Waals surface area (Å²) in [5.41, 5.74) is 0.362. The molecule has 2 rings (SSSR count). The highest BCUT2D eigenvalue weighted by Crippen LogP contribution is 2.28. The van der Waals surface area contributed by atoms with Crippen LogP contribution >= 0.6 is 11.6 Å². The summed E-state index contributed by atoms with van der Waals surface area (Å²) in [7, 11) is 0. The topological polar surface area (TPSA) is 69.8 Å². The van der Waals surface area contributed by atoms with Gasteiger partial charge in [-0.25, -0.2) is 0 Å². The molecular weight excluding hydrogens is 202 g/mol. The third kappa shape index (κ3) is 1.15. The smallest absolute Gasteiger partial charge is 0.182 e. The van der Waals surface area contributed by atoms with Crippen molar-refractivity contribution in [1.29, 1.82) is 5.26 Å². The first kappa shape index (κ1) is 8.73. The lowest BCUT2D eigenvalue weighted by molar-refractivity contribution is 0.480. The van der Waals surface area contributed by atoms with Gasteiger partial charge in [-0.2, -0.15) is 5.26 Å². The average molecular weight is 206 g/mol. The summed E-state index contributed by atoms with van der Waals surface area (Å²) in [5.74, 6) is 0.00129. The molecule has 0 aliphatic rings. The Morgan fingerprint density at radius 1 is 1.36 bits per heavy atom. The van der Waals surface area contributed by atoms with Gasteiger partial charge in [0.25, 0.3) is 0 Å². The van der Waals surface area contributed by atoms with Gasteiger partial charge in [-0.3, -0.25) is 0 Å². The summed E-state index contributed by atoms with van der Waals surface area (Å²) in [6.07, 6.45) is 0. The van der Waals surface area contributed by atoms with Gasteiger partial charge in [0.05, 0.1) is 5.02 Å². The largest absolute Gasteiger partial charge is 0.506 e. The quantitative estimate of drug-likeness (QED) is 0.713. The van der Waals surface area contributed by atoms with E-state index >= 15 is 0 Å². The van der Waals surface area contributed by atoms with E-state index in [9.17, 15) is 5.11 Å². The number of fused-ring (bicyclic) bond motifs is 1. The lowest BCUT2D eigenvalue weighted by Gasteiger charge is -2.01. The van der Waals surface area contributed by atoms with Gasteiger partial charge in [0.15, 0.2) is 5.69 Å². The molecule has 0 bridgehead atoms. The van der Waals surface area contributed by atoms with E-state index in [0.717, 1.165) is 0 Å². The molecule has 0 radical (unpaired) electrons. The zero-order chi connectivity index (χ0) is 10.1. The molecular formula is C9H4ClN3O. The van der Waals surface area contributed by atoms with Crippen LogP contribution in [0, 0.1) is 11.3 Å². The molecule has 0 unspecified atom stereocenters. The normalized spacial score (nSPS) is 10.0. The Morgan fingerprint density at radius 3 is 2.86 bits per heavy atom. The van der Waals surface area contributed by atoms with E-state index in [1.54, 1.807) is 12.1 Å². The number of aromatic nitrogens is 2. The second-order valence-corrected chi connectivity index (χ2v) is 3.03. The maximum Gasteiger partial charge on any atom is 0.182 e. The van der Waals surface area contributed by atoms with Gasteiger partial charge < -0.3 is 5.11 Å². The molecule has 1 heterocycles. The monoisotopic (exact) mass is 205 g/mol. The van der Waals surface area contributed by atoms with Crippen LogP contribution in [0.4, 0.5) is 0 Å². The number of rotatable bonds is 0. The predicted molar refractivity (Wildman–Crippen MR) is 50.9 cm³/mol. The minimum Gasteiger partial charge on any atom is -0.506 e. The first-order chi connectivity index (χ1) is 6.74. The molecule has 4 nitrogen and oxygen atoms in total. The molecule has 0 atom stereocenters. The maximum absolute atomic E-state index is 9.42. The first-order valence-electron chi connectivity index (χ1n) is 3.78. The van der Waals surface area contributed by atoms with E-state index in [-0.39, 0.29) is 16.5 Å². The zero-order valence-corrected chi connectivity index (χ0v) is 7.65. The number of hydrogen-bond donors (Lipinski definition) is 1. The minimum atomic E-state index is 0.00129. The Balaban J connectivity index is 2.92. The van der Waals surface area contributed by atoms with E-state index in [1.165, 1.54) is 6.07 Å². The van der Waals surface area contributed by atoms with Crippen molar-refractivity contribution in [3.8, 4) is 11.8 Å². The fraction of sp³-hybridized carbons (Fsp3) is 0. The van der Waals surface area contributed by atoms with Crippen molar-refractivity contribution in [2.45, 2.75) is 0 Å². The van der Waals surface area contributed by atoms with Crippen LogP contribution in [0.1, 0.15) is 5.69 Å². The molecule has 0 saturated carbocycles. The van der Waals surface area contributed by atoms with Crippen LogP contribution in [-0.4, -0.2) is 15.3 Å². The van der Waals surface area contributed by atoms with Gasteiger partial charge in [-0.1, -0.05) is 23.7 Å². The molecule has 0 aliphatic heterocycles. The van der Waals surface area contributed by atoms with Crippen LogP contribution in [0.2, 0.25) is 5.02 Å². The number of halogens is 1. The molecule has 1 N–H and O–H groups in total. The van der Waals surface area contributed by atoms with Crippen LogP contribution in [0.5, 0.6) is 5.75 Å². The van der Waals surface area contributed by atoms with Gasteiger partial charge in [0.2, 0.25) is 0 Å². The Kier molecular flexibility index (Phi) is 1.95. The molecule has 0 spiro atoms. The highest BCUT2D eigenvalue weighted by atomic mass is 35.5. The van der Waals surface area contributed by atoms with Crippen LogP contribution < -0.4 is 0 Å². The molecule has 1 aromatic heterocycles. The van der Waals surface area contributed by atoms with E-state index < -0.39 is 0 Å². The van der Waals surface area contributed by atoms with Crippen molar-refractivity contribution < 1.29 is 5.11 Å². The van der Waals surface area contributed by atoms with E-state index in [2.05, 4.69) is 10.2 Å². The van der Waals surface area contributed by atoms with E-state index in [0.29, 0.717) is 10.9 Å². The summed E-state index contributed by atoms with van der Waals surface area (Å²) < 4.78 is 0. The van der Waals surface area contributed by atoms with Crippen molar-refractivity contribution in [3.63, 3.8) is 0 Å². The Bertz CT molecular complexity index is 547. The summed E-state index contributed by atoms with van der Waals surface area (Å²) in [4.78, 5) is 0. The fourth-order valence-electron chi connectivity index (χ4n) is 1.16. The lowest BCUT2D eigenvalue weighted by atomic mass is 10.2. The van der Waals surface area contributed by atoms with Crippen LogP contribution in [0.25, 0.3) is 10.9 Å². The third-order valence-corrected chi connectivity index (χ3v) is 2.20. The number of hydrogen-bond acceptors (Lipinski definition) is 4. The van der Waals surface area contributed by atoms with Crippen molar-refractivity contribution in [1.82, 2.24) is 10.2 Å². The second-order valence-electron chi connectivity index (χ2n) is 2.65. The van der Waals surface area contributed by atoms with Crippen LogP contribution in [0.3, 0.4) is 0 Å². The lowest BCUT2D eigenvalue weighted by Crippen LogP contribution is -1.91. The van der Waals surface area contributed by atoms with Crippen molar-refractivity contribution in [2.75, 3.05) is 0 Å². The number of phenols is 1. The fourth-order valence-corrected chi connectivity index (χ4v) is 1.39. The molecule has 14 heavy (non-hydrogen) atoms. The molecule has 5 heteroatoms. The summed E-state index contributed by atoms with van der Waals surface area (Å²) >= 11 is 5.88. The molecule has 0 saturated heterocycles. The van der Waals surface area contributed by atoms with Gasteiger partial charge in [0, 0.05) is 5.39 Å². The SMILES string of the molecule is N#Cc1nnc2c(O)cccc2c1Cl. The number of nitrogens with zero attached hydrogens (tertiary/aromatic N) is 3. The minimum absolute atomic E-state index is 0.00129. The number of benzene rings is 1. The second kappa shape index (κ2) is 3.13. The van der Waals surface area contributed by atoms with Crippen molar-refractivity contribution >= 4 is 22.5 Å². The molecule has 1 aromatic carbocycles. The summed E-state index contributed by atoms with van der Waals surface area (Å²) in [6.45, 7) is 0. The predicted octanol–water partition coefficient (Wildman–Crippen LogP) is 1.86. The van der Waals surface area contributed by atoms with Crippen molar-refractivity contribution in [3.05, 3.63) is 28.9 Å². The highest BCUT2D eigenvalue weighted by molar-refractivity contribution is 6.36. The van der Waals surface area contributed by atoms with Gasteiger partial charge in [0.1, 0.15) is 17.3 Å². The van der Waals surface area contributed by atoms with Gasteiger partial charge >= 0.3 is 0 Å². The van der Waals surface area contributed by atoms with Gasteiger partial charge in [-0.05, 0) is 6.07 Å². The Hall–Kier alpha value is -1.86. The maximum atomic E-state index is 9.42. The third-order valence-electron chi connectivity index (χ3n) is 1.82. The zero-order valence-electron chi connectivity index (χ0n) is 6.90. The highest BCUT2D eigenvalue weighted by Gasteiger charge is 2.09. The molecule has 0 amide bonds. The van der Waals surface area contributed by atoms with Crippen LogP contribution in [0.15, 0.2) is 18.2 Å². The molecule has 0 aliphatic carbocycles. The summed E-state index contributed by atoms with van der Waals surface area (Å²) in [6, 6.07) is 6.61. The van der Waals surface area contributed by atoms with E-state index in [1.807, 2.05) is 6.07 Å². The van der Waals surface area contributed by atoms with Gasteiger partial charge in [-0.15, -0.1) is 10.2 Å². The van der Waals surface area contributed by atoms with Crippen LogP contribution in [-0.2, 0) is 0 Å². The van der Waals surface area contributed by atoms with Crippen molar-refractivity contribution in [2.24, 2.45) is 0 Å².